The number of anilines is 1. The Bertz CT molecular complexity index is 515. The molecule has 1 amide bonds. The van der Waals surface area contributed by atoms with Crippen molar-refractivity contribution < 1.29 is 9.90 Å². The molecule has 0 radical (unpaired) electrons. The maximum absolute atomic E-state index is 12.2. The van der Waals surface area contributed by atoms with Crippen LogP contribution in [0.15, 0.2) is 30.3 Å². The summed E-state index contributed by atoms with van der Waals surface area (Å²) in [6.07, 6.45) is 2.94. The van der Waals surface area contributed by atoms with E-state index >= 15 is 0 Å². The minimum atomic E-state index is -0.325. The number of hydrogen-bond acceptors (Lipinski definition) is 4. The first-order valence-electron chi connectivity index (χ1n) is 9.20. The van der Waals surface area contributed by atoms with Gasteiger partial charge in [0.05, 0.1) is 6.10 Å². The molecular weight excluding hydrogens is 302 g/mol. The average Bonchev–Trinajstić information content (AvgIpc) is 2.63. The lowest BCUT2D eigenvalue weighted by Crippen LogP contribution is -2.47. The van der Waals surface area contributed by atoms with Crippen LogP contribution in [0.2, 0.25) is 0 Å². The molecule has 0 aliphatic carbocycles. The largest absolute Gasteiger partial charge is 0.391 e. The van der Waals surface area contributed by atoms with E-state index in [0.717, 1.165) is 58.5 Å². The first kappa shape index (κ1) is 17.2. The molecule has 3 rings (SSSR count). The highest BCUT2D eigenvalue weighted by atomic mass is 16.3. The maximum atomic E-state index is 12.2. The Kier molecular flexibility index (Phi) is 6.10. The second-order valence-corrected chi connectivity index (χ2v) is 6.90. The lowest BCUT2D eigenvalue weighted by molar-refractivity contribution is -0.134. The van der Waals surface area contributed by atoms with Crippen LogP contribution in [0, 0.1) is 0 Å². The molecule has 2 fully saturated rings. The highest BCUT2D eigenvalue weighted by Gasteiger charge is 2.22. The van der Waals surface area contributed by atoms with E-state index in [-0.39, 0.29) is 12.0 Å². The molecule has 0 spiro atoms. The average molecular weight is 331 g/mol. The molecule has 2 heterocycles. The predicted molar refractivity (Wildman–Crippen MR) is 96.1 cm³/mol. The Hall–Kier alpha value is -1.59. The van der Waals surface area contributed by atoms with E-state index in [1.165, 1.54) is 5.69 Å². The quantitative estimate of drug-likeness (QED) is 0.890. The van der Waals surface area contributed by atoms with Crippen LogP contribution < -0.4 is 4.90 Å². The van der Waals surface area contributed by atoms with E-state index in [4.69, 9.17) is 0 Å². The van der Waals surface area contributed by atoms with Crippen LogP contribution in [-0.4, -0.2) is 72.7 Å². The summed E-state index contributed by atoms with van der Waals surface area (Å²) in [5, 5.41) is 9.67. The zero-order chi connectivity index (χ0) is 16.8. The van der Waals surface area contributed by atoms with Gasteiger partial charge in [-0.05, 0) is 37.9 Å². The van der Waals surface area contributed by atoms with Crippen LogP contribution in [0.25, 0.3) is 0 Å². The summed E-state index contributed by atoms with van der Waals surface area (Å²) in [7, 11) is 0. The van der Waals surface area contributed by atoms with Gasteiger partial charge in [0.15, 0.2) is 0 Å². The van der Waals surface area contributed by atoms with Gasteiger partial charge in [-0.15, -0.1) is 0 Å². The van der Waals surface area contributed by atoms with Gasteiger partial charge in [0, 0.05) is 51.4 Å². The topological polar surface area (TPSA) is 47.0 Å². The zero-order valence-electron chi connectivity index (χ0n) is 14.4. The summed E-state index contributed by atoms with van der Waals surface area (Å²) >= 11 is 0. The summed E-state index contributed by atoms with van der Waals surface area (Å²) in [6, 6.07) is 10.6. The Morgan fingerprint density at radius 2 is 1.83 bits per heavy atom. The molecular formula is C19H29N3O2. The zero-order valence-corrected chi connectivity index (χ0v) is 14.4. The number of carbonyl (C=O) groups is 1. The SMILES string of the molecule is O=C(CCCN1CCN(c2ccccc2)CC1)N1CCCC(O)C1. The highest BCUT2D eigenvalue weighted by Crippen LogP contribution is 2.16. The molecule has 2 aliphatic rings. The van der Waals surface area contributed by atoms with Crippen LogP contribution in [0.4, 0.5) is 5.69 Å². The fourth-order valence-electron chi connectivity index (χ4n) is 3.66. The van der Waals surface area contributed by atoms with E-state index in [2.05, 4.69) is 40.1 Å². The van der Waals surface area contributed by atoms with Crippen molar-refractivity contribution in [2.75, 3.05) is 50.7 Å². The molecule has 1 atom stereocenters. The van der Waals surface area contributed by atoms with Crippen LogP contribution in [0.5, 0.6) is 0 Å². The van der Waals surface area contributed by atoms with Gasteiger partial charge >= 0.3 is 0 Å². The fourth-order valence-corrected chi connectivity index (χ4v) is 3.66. The number of aliphatic hydroxyl groups is 1. The smallest absolute Gasteiger partial charge is 0.222 e. The summed E-state index contributed by atoms with van der Waals surface area (Å²) in [6.45, 7) is 6.55. The number of benzene rings is 1. The third-order valence-corrected chi connectivity index (χ3v) is 5.11. The molecule has 5 nitrogen and oxygen atoms in total. The molecule has 5 heteroatoms. The fraction of sp³-hybridized carbons (Fsp3) is 0.632. The number of aliphatic hydroxyl groups excluding tert-OH is 1. The number of piperazine rings is 1. The third-order valence-electron chi connectivity index (χ3n) is 5.11. The van der Waals surface area contributed by atoms with Gasteiger partial charge in [-0.3, -0.25) is 9.69 Å². The molecule has 1 aromatic carbocycles. The van der Waals surface area contributed by atoms with Crippen molar-refractivity contribution in [2.45, 2.75) is 31.8 Å². The third kappa shape index (κ3) is 4.71. The summed E-state index contributed by atoms with van der Waals surface area (Å²) in [4.78, 5) is 18.9. The number of β-amino-alcohol motifs (C(OH)–C–C–N with tert-alkyl or cyclic N) is 1. The molecule has 2 aliphatic heterocycles. The Labute approximate surface area is 144 Å². The van der Waals surface area contributed by atoms with Crippen LogP contribution in [0.1, 0.15) is 25.7 Å². The van der Waals surface area contributed by atoms with Gasteiger partial charge in [0.2, 0.25) is 5.91 Å². The van der Waals surface area contributed by atoms with Gasteiger partial charge in [0.1, 0.15) is 0 Å². The molecule has 1 unspecified atom stereocenters. The van der Waals surface area contributed by atoms with Crippen molar-refractivity contribution in [3.63, 3.8) is 0 Å². The number of para-hydroxylation sites is 1. The minimum Gasteiger partial charge on any atom is -0.391 e. The molecule has 0 saturated carbocycles. The van der Waals surface area contributed by atoms with E-state index in [1.807, 2.05) is 4.90 Å². The second-order valence-electron chi connectivity index (χ2n) is 6.90. The molecule has 1 N–H and O–H groups in total. The molecule has 2 saturated heterocycles. The van der Waals surface area contributed by atoms with Gasteiger partial charge in [-0.1, -0.05) is 18.2 Å². The van der Waals surface area contributed by atoms with Crippen molar-refractivity contribution in [3.05, 3.63) is 30.3 Å². The molecule has 1 aromatic rings. The number of hydrogen-bond donors (Lipinski definition) is 1. The normalized spacial score (nSPS) is 22.6. The van der Waals surface area contributed by atoms with Crippen molar-refractivity contribution in [1.29, 1.82) is 0 Å². The van der Waals surface area contributed by atoms with Gasteiger partial charge < -0.3 is 14.9 Å². The van der Waals surface area contributed by atoms with Gasteiger partial charge in [-0.2, -0.15) is 0 Å². The van der Waals surface area contributed by atoms with Crippen LogP contribution in [-0.2, 0) is 4.79 Å². The standard InChI is InChI=1S/C19H29N3O2/c23-18-8-4-11-22(16-18)19(24)9-5-10-20-12-14-21(15-13-20)17-6-2-1-3-7-17/h1-3,6-7,18,23H,4-5,8-16H2. The number of nitrogens with zero attached hydrogens (tertiary/aromatic N) is 3. The highest BCUT2D eigenvalue weighted by molar-refractivity contribution is 5.76. The molecule has 0 aromatic heterocycles. The van der Waals surface area contributed by atoms with Gasteiger partial charge in [0.25, 0.3) is 0 Å². The maximum Gasteiger partial charge on any atom is 0.222 e. The summed E-state index contributed by atoms with van der Waals surface area (Å²) in [5.41, 5.74) is 1.30. The van der Waals surface area contributed by atoms with Crippen molar-refractivity contribution in [2.24, 2.45) is 0 Å². The van der Waals surface area contributed by atoms with Crippen molar-refractivity contribution in [3.8, 4) is 0 Å². The molecule has 24 heavy (non-hydrogen) atoms. The first-order chi connectivity index (χ1) is 11.7. The Balaban J connectivity index is 1.34. The number of rotatable bonds is 5. The first-order valence-corrected chi connectivity index (χ1v) is 9.20. The second kappa shape index (κ2) is 8.49. The summed E-state index contributed by atoms with van der Waals surface area (Å²) in [5.74, 6) is 0.205. The monoisotopic (exact) mass is 331 g/mol. The number of piperidine rings is 1. The van der Waals surface area contributed by atoms with E-state index in [0.29, 0.717) is 13.0 Å². The number of amides is 1. The van der Waals surface area contributed by atoms with Crippen LogP contribution >= 0.6 is 0 Å². The van der Waals surface area contributed by atoms with Crippen LogP contribution in [0.3, 0.4) is 0 Å². The van der Waals surface area contributed by atoms with Crippen molar-refractivity contribution >= 4 is 11.6 Å². The van der Waals surface area contributed by atoms with Gasteiger partial charge in [-0.25, -0.2) is 0 Å². The predicted octanol–water partition coefficient (Wildman–Crippen LogP) is 1.57. The number of carbonyl (C=O) groups excluding carboxylic acids is 1. The lowest BCUT2D eigenvalue weighted by Gasteiger charge is -2.36. The van der Waals surface area contributed by atoms with E-state index in [1.54, 1.807) is 0 Å². The lowest BCUT2D eigenvalue weighted by atomic mass is 10.1. The molecule has 132 valence electrons. The minimum absolute atomic E-state index is 0.205. The number of likely N-dealkylation sites (tertiary alicyclic amines) is 1. The van der Waals surface area contributed by atoms with E-state index in [9.17, 15) is 9.90 Å². The van der Waals surface area contributed by atoms with Crippen molar-refractivity contribution in [1.82, 2.24) is 9.80 Å². The van der Waals surface area contributed by atoms with E-state index < -0.39 is 0 Å². The summed E-state index contributed by atoms with van der Waals surface area (Å²) < 4.78 is 0. The Morgan fingerprint density at radius 3 is 2.54 bits per heavy atom. The Morgan fingerprint density at radius 1 is 1.08 bits per heavy atom. The molecule has 0 bridgehead atoms.